The Morgan fingerprint density at radius 2 is 1.17 bits per heavy atom. The van der Waals surface area contributed by atoms with Gasteiger partial charge in [-0.05, 0) is 24.0 Å². The summed E-state index contributed by atoms with van der Waals surface area (Å²) in [5.74, 6) is 0. The molecule has 5 nitrogen and oxygen atoms in total. The SMILES string of the molecule is OC[C@H]1OC(O)[C@H](O)[C@H]1O.c1ccc(CCc2ccccc2)cc1. The van der Waals surface area contributed by atoms with Gasteiger partial charge in [0.05, 0.1) is 6.61 Å². The molecule has 0 saturated carbocycles. The Bertz CT molecular complexity index is 535. The zero-order valence-corrected chi connectivity index (χ0v) is 13.4. The Morgan fingerprint density at radius 1 is 0.708 bits per heavy atom. The third-order valence-electron chi connectivity index (χ3n) is 3.91. The topological polar surface area (TPSA) is 90.2 Å². The summed E-state index contributed by atoms with van der Waals surface area (Å²) in [5.41, 5.74) is 2.83. The van der Waals surface area contributed by atoms with Gasteiger partial charge in [-0.2, -0.15) is 0 Å². The van der Waals surface area contributed by atoms with Crippen molar-refractivity contribution in [2.75, 3.05) is 6.61 Å². The van der Waals surface area contributed by atoms with Gasteiger partial charge in [-0.3, -0.25) is 0 Å². The average molecular weight is 332 g/mol. The molecule has 1 aliphatic rings. The van der Waals surface area contributed by atoms with Crippen LogP contribution in [-0.2, 0) is 17.6 Å². The molecule has 130 valence electrons. The molecule has 1 saturated heterocycles. The Labute approximate surface area is 141 Å². The van der Waals surface area contributed by atoms with E-state index in [1.807, 2.05) is 0 Å². The van der Waals surface area contributed by atoms with Crippen LogP contribution >= 0.6 is 0 Å². The van der Waals surface area contributed by atoms with Crippen LogP contribution in [-0.4, -0.2) is 51.6 Å². The first-order valence-electron chi connectivity index (χ1n) is 8.00. The molecule has 5 heteroatoms. The van der Waals surface area contributed by atoms with Crippen LogP contribution in [0.3, 0.4) is 0 Å². The third kappa shape index (κ3) is 5.40. The van der Waals surface area contributed by atoms with Crippen molar-refractivity contribution >= 4 is 0 Å². The highest BCUT2D eigenvalue weighted by Gasteiger charge is 2.41. The summed E-state index contributed by atoms with van der Waals surface area (Å²) in [5, 5.41) is 35.0. The second-order valence-corrected chi connectivity index (χ2v) is 5.70. The predicted molar refractivity (Wildman–Crippen MR) is 90.3 cm³/mol. The zero-order valence-electron chi connectivity index (χ0n) is 13.4. The van der Waals surface area contributed by atoms with E-state index in [9.17, 15) is 0 Å². The molecule has 4 atom stereocenters. The van der Waals surface area contributed by atoms with Gasteiger partial charge in [0.2, 0.25) is 0 Å². The average Bonchev–Trinajstić information content (AvgIpc) is 2.89. The maximum absolute atomic E-state index is 8.93. The predicted octanol–water partition coefficient (Wildman–Crippen LogP) is 0.889. The molecule has 1 unspecified atom stereocenters. The number of ether oxygens (including phenoxy) is 1. The van der Waals surface area contributed by atoms with Gasteiger partial charge in [-0.15, -0.1) is 0 Å². The maximum Gasteiger partial charge on any atom is 0.184 e. The fourth-order valence-corrected chi connectivity index (χ4v) is 2.46. The van der Waals surface area contributed by atoms with Crippen molar-refractivity contribution in [3.05, 3.63) is 71.8 Å². The van der Waals surface area contributed by atoms with Gasteiger partial charge >= 0.3 is 0 Å². The Kier molecular flexibility index (Phi) is 7.36. The lowest BCUT2D eigenvalue weighted by atomic mass is 10.0. The van der Waals surface area contributed by atoms with Crippen LogP contribution in [0.4, 0.5) is 0 Å². The molecule has 0 bridgehead atoms. The molecule has 3 rings (SSSR count). The molecule has 0 aromatic heterocycles. The normalized spacial score (nSPS) is 25.8. The highest BCUT2D eigenvalue weighted by Crippen LogP contribution is 2.18. The van der Waals surface area contributed by atoms with Crippen LogP contribution in [0.2, 0.25) is 0 Å². The molecular formula is C19H24O5. The first kappa shape index (κ1) is 18.6. The van der Waals surface area contributed by atoms with E-state index < -0.39 is 31.2 Å². The van der Waals surface area contributed by atoms with Gasteiger partial charge in [0, 0.05) is 0 Å². The van der Waals surface area contributed by atoms with Gasteiger partial charge in [-0.1, -0.05) is 60.7 Å². The van der Waals surface area contributed by atoms with E-state index in [4.69, 9.17) is 20.4 Å². The maximum atomic E-state index is 8.93. The molecule has 1 fully saturated rings. The summed E-state index contributed by atoms with van der Waals surface area (Å²) >= 11 is 0. The van der Waals surface area contributed by atoms with Crippen molar-refractivity contribution in [1.82, 2.24) is 0 Å². The molecule has 0 amide bonds. The molecule has 4 N–H and O–H groups in total. The molecule has 1 heterocycles. The van der Waals surface area contributed by atoms with Gasteiger partial charge in [0.25, 0.3) is 0 Å². The minimum atomic E-state index is -1.38. The van der Waals surface area contributed by atoms with Gasteiger partial charge in [-0.25, -0.2) is 0 Å². The highest BCUT2D eigenvalue weighted by molar-refractivity contribution is 5.19. The van der Waals surface area contributed by atoms with E-state index in [0.29, 0.717) is 0 Å². The van der Waals surface area contributed by atoms with Crippen LogP contribution in [0.5, 0.6) is 0 Å². The minimum absolute atomic E-state index is 0.407. The van der Waals surface area contributed by atoms with Gasteiger partial charge in [0.15, 0.2) is 6.29 Å². The van der Waals surface area contributed by atoms with Crippen molar-refractivity contribution in [2.24, 2.45) is 0 Å². The number of aliphatic hydroxyl groups excluding tert-OH is 4. The monoisotopic (exact) mass is 332 g/mol. The molecule has 2 aromatic carbocycles. The molecule has 2 aromatic rings. The van der Waals surface area contributed by atoms with E-state index in [-0.39, 0.29) is 0 Å². The first-order valence-corrected chi connectivity index (χ1v) is 8.00. The second-order valence-electron chi connectivity index (χ2n) is 5.70. The lowest BCUT2D eigenvalue weighted by Gasteiger charge is -2.09. The number of benzene rings is 2. The van der Waals surface area contributed by atoms with E-state index in [2.05, 4.69) is 65.4 Å². The van der Waals surface area contributed by atoms with E-state index >= 15 is 0 Å². The summed E-state index contributed by atoms with van der Waals surface area (Å²) < 4.78 is 4.54. The van der Waals surface area contributed by atoms with Gasteiger partial charge in [0.1, 0.15) is 18.3 Å². The number of hydrogen-bond acceptors (Lipinski definition) is 5. The largest absolute Gasteiger partial charge is 0.394 e. The van der Waals surface area contributed by atoms with Crippen LogP contribution < -0.4 is 0 Å². The lowest BCUT2D eigenvalue weighted by molar-refractivity contribution is -0.132. The van der Waals surface area contributed by atoms with Crippen molar-refractivity contribution in [2.45, 2.75) is 37.4 Å². The first-order chi connectivity index (χ1) is 11.6. The Hall–Kier alpha value is -1.76. The summed E-state index contributed by atoms with van der Waals surface area (Å²) in [6.45, 7) is -0.407. The Balaban J connectivity index is 0.000000185. The minimum Gasteiger partial charge on any atom is -0.394 e. The quantitative estimate of drug-likeness (QED) is 0.668. The van der Waals surface area contributed by atoms with E-state index in [1.165, 1.54) is 11.1 Å². The van der Waals surface area contributed by atoms with E-state index in [0.717, 1.165) is 12.8 Å². The summed E-state index contributed by atoms with van der Waals surface area (Å²) in [7, 11) is 0. The number of aliphatic hydroxyl groups is 4. The third-order valence-corrected chi connectivity index (χ3v) is 3.91. The highest BCUT2D eigenvalue weighted by atomic mass is 16.6. The van der Waals surface area contributed by atoms with Gasteiger partial charge < -0.3 is 25.2 Å². The number of aryl methyl sites for hydroxylation is 2. The fourth-order valence-electron chi connectivity index (χ4n) is 2.46. The van der Waals surface area contributed by atoms with Crippen LogP contribution in [0.1, 0.15) is 11.1 Å². The molecule has 0 spiro atoms. The van der Waals surface area contributed by atoms with Crippen molar-refractivity contribution in [3.8, 4) is 0 Å². The summed E-state index contributed by atoms with van der Waals surface area (Å²) in [6.07, 6.45) is -2.50. The second kappa shape index (κ2) is 9.52. The standard InChI is InChI=1S/C14H14.C5H10O5/c1-3-7-13(8-4-1)11-12-14-9-5-2-6-10-14;6-1-2-3(7)4(8)5(9)10-2/h1-10H,11-12H2;2-9H,1H2/t;2-,3+,4-,5?/m.1/s1. The molecule has 1 aliphatic heterocycles. The molecule has 24 heavy (non-hydrogen) atoms. The zero-order chi connectivity index (χ0) is 17.4. The summed E-state index contributed by atoms with van der Waals surface area (Å²) in [4.78, 5) is 0. The fraction of sp³-hybridized carbons (Fsp3) is 0.368. The van der Waals surface area contributed by atoms with Crippen LogP contribution in [0.25, 0.3) is 0 Å². The number of hydrogen-bond donors (Lipinski definition) is 4. The van der Waals surface area contributed by atoms with E-state index in [1.54, 1.807) is 0 Å². The van der Waals surface area contributed by atoms with Crippen molar-refractivity contribution in [3.63, 3.8) is 0 Å². The van der Waals surface area contributed by atoms with Crippen LogP contribution in [0, 0.1) is 0 Å². The Morgan fingerprint density at radius 3 is 1.46 bits per heavy atom. The van der Waals surface area contributed by atoms with Crippen LogP contribution in [0.15, 0.2) is 60.7 Å². The van der Waals surface area contributed by atoms with Crippen molar-refractivity contribution < 1.29 is 25.2 Å². The smallest absolute Gasteiger partial charge is 0.184 e. The molecule has 0 radical (unpaired) electrons. The summed E-state index contributed by atoms with van der Waals surface area (Å²) in [6, 6.07) is 21.2. The van der Waals surface area contributed by atoms with Crippen molar-refractivity contribution in [1.29, 1.82) is 0 Å². The number of rotatable bonds is 4. The molecule has 0 aliphatic carbocycles. The molecular weight excluding hydrogens is 308 g/mol. The lowest BCUT2D eigenvalue weighted by Crippen LogP contribution is -2.33.